The van der Waals surface area contributed by atoms with E-state index < -0.39 is 0 Å². The number of hydrogen-bond donors (Lipinski definition) is 0. The van der Waals surface area contributed by atoms with E-state index in [2.05, 4.69) is 9.88 Å². The van der Waals surface area contributed by atoms with Gasteiger partial charge in [-0.05, 0) is 17.7 Å². The lowest BCUT2D eigenvalue weighted by molar-refractivity contribution is -0.169. The number of aromatic nitrogens is 1. The molecule has 2 saturated heterocycles. The number of nitrogens with zero attached hydrogens (tertiary/aromatic N) is 3. The van der Waals surface area contributed by atoms with Gasteiger partial charge in [0, 0.05) is 45.7 Å². The highest BCUT2D eigenvalue weighted by atomic mass is 16.7. The van der Waals surface area contributed by atoms with E-state index >= 15 is 0 Å². The number of benzene rings is 1. The summed E-state index contributed by atoms with van der Waals surface area (Å²) in [6, 6.07) is 13.8. The molecule has 6 heteroatoms. The van der Waals surface area contributed by atoms with Gasteiger partial charge in [-0.15, -0.1) is 0 Å². The van der Waals surface area contributed by atoms with Gasteiger partial charge in [-0.1, -0.05) is 30.3 Å². The second-order valence-corrected chi connectivity index (χ2v) is 7.15. The first-order valence-electron chi connectivity index (χ1n) is 9.44. The van der Waals surface area contributed by atoms with Crippen molar-refractivity contribution in [1.29, 1.82) is 0 Å². The minimum Gasteiger partial charge on any atom is -0.356 e. The molecule has 0 aliphatic carbocycles. The van der Waals surface area contributed by atoms with Crippen molar-refractivity contribution in [2.24, 2.45) is 0 Å². The van der Waals surface area contributed by atoms with E-state index in [9.17, 15) is 4.79 Å². The SMILES string of the molecule is CN(Cc1ccccc1)C(=O)c1ccc(N2CCC3(CC2)OCCO3)nc1. The average Bonchev–Trinajstić information content (AvgIpc) is 3.17. The molecule has 0 radical (unpaired) electrons. The van der Waals surface area contributed by atoms with E-state index in [0.29, 0.717) is 25.3 Å². The second kappa shape index (κ2) is 7.66. The molecule has 1 aromatic carbocycles. The molecular weight excluding hydrogens is 342 g/mol. The maximum absolute atomic E-state index is 12.6. The fourth-order valence-corrected chi connectivity index (χ4v) is 3.71. The zero-order valence-corrected chi connectivity index (χ0v) is 15.6. The topological polar surface area (TPSA) is 54.9 Å². The Labute approximate surface area is 159 Å². The van der Waals surface area contributed by atoms with Crippen LogP contribution in [-0.4, -0.2) is 54.9 Å². The minimum atomic E-state index is -0.382. The summed E-state index contributed by atoms with van der Waals surface area (Å²) >= 11 is 0. The number of piperidine rings is 1. The standard InChI is InChI=1S/C21H25N3O3/c1-23(16-17-5-3-2-4-6-17)20(25)18-7-8-19(22-15-18)24-11-9-21(10-12-24)26-13-14-27-21/h2-8,15H,9-14,16H2,1H3. The van der Waals surface area contributed by atoms with E-state index in [1.807, 2.05) is 49.5 Å². The van der Waals surface area contributed by atoms with Gasteiger partial charge in [0.05, 0.1) is 18.8 Å². The number of ether oxygens (including phenoxy) is 2. The number of carbonyl (C=O) groups excluding carboxylic acids is 1. The molecule has 2 aliphatic heterocycles. The van der Waals surface area contributed by atoms with Crippen LogP contribution in [0.1, 0.15) is 28.8 Å². The van der Waals surface area contributed by atoms with Crippen LogP contribution in [0, 0.1) is 0 Å². The summed E-state index contributed by atoms with van der Waals surface area (Å²) in [6.07, 6.45) is 3.36. The van der Waals surface area contributed by atoms with Crippen molar-refractivity contribution >= 4 is 11.7 Å². The molecule has 1 aromatic heterocycles. The average molecular weight is 367 g/mol. The van der Waals surface area contributed by atoms with Gasteiger partial charge in [0.1, 0.15) is 5.82 Å². The lowest BCUT2D eigenvalue weighted by atomic mass is 10.0. The van der Waals surface area contributed by atoms with E-state index in [-0.39, 0.29) is 11.7 Å². The van der Waals surface area contributed by atoms with Crippen LogP contribution >= 0.6 is 0 Å². The number of rotatable bonds is 4. The molecule has 142 valence electrons. The summed E-state index contributed by atoms with van der Waals surface area (Å²) < 4.78 is 11.5. The fraction of sp³-hybridized carbons (Fsp3) is 0.429. The first-order valence-corrected chi connectivity index (χ1v) is 9.44. The molecule has 4 rings (SSSR count). The monoisotopic (exact) mass is 367 g/mol. The van der Waals surface area contributed by atoms with Crippen molar-refractivity contribution in [3.05, 3.63) is 59.8 Å². The van der Waals surface area contributed by atoms with Crippen molar-refractivity contribution < 1.29 is 14.3 Å². The molecule has 6 nitrogen and oxygen atoms in total. The highest BCUT2D eigenvalue weighted by Gasteiger charge is 2.40. The molecule has 2 aliphatic rings. The van der Waals surface area contributed by atoms with Crippen molar-refractivity contribution in [3.63, 3.8) is 0 Å². The first-order chi connectivity index (χ1) is 13.2. The fourth-order valence-electron chi connectivity index (χ4n) is 3.71. The van der Waals surface area contributed by atoms with Gasteiger partial charge >= 0.3 is 0 Å². The maximum atomic E-state index is 12.6. The van der Waals surface area contributed by atoms with Crippen molar-refractivity contribution in [2.45, 2.75) is 25.2 Å². The summed E-state index contributed by atoms with van der Waals surface area (Å²) in [5, 5.41) is 0. The molecule has 0 N–H and O–H groups in total. The molecule has 0 atom stereocenters. The lowest BCUT2D eigenvalue weighted by Gasteiger charge is -2.38. The molecule has 0 saturated carbocycles. The molecule has 1 amide bonds. The Balaban J connectivity index is 1.36. The quantitative estimate of drug-likeness (QED) is 0.832. The van der Waals surface area contributed by atoms with Gasteiger partial charge in [-0.25, -0.2) is 4.98 Å². The van der Waals surface area contributed by atoms with Crippen molar-refractivity contribution in [1.82, 2.24) is 9.88 Å². The third-order valence-corrected chi connectivity index (χ3v) is 5.27. The molecule has 2 fully saturated rings. The van der Waals surface area contributed by atoms with Gasteiger partial charge in [-0.2, -0.15) is 0 Å². The van der Waals surface area contributed by atoms with Crippen LogP contribution in [-0.2, 0) is 16.0 Å². The van der Waals surface area contributed by atoms with E-state index in [4.69, 9.17) is 9.47 Å². The molecule has 0 unspecified atom stereocenters. The normalized spacial score (nSPS) is 18.6. The Hall–Kier alpha value is -2.44. The smallest absolute Gasteiger partial charge is 0.255 e. The largest absolute Gasteiger partial charge is 0.356 e. The highest BCUT2D eigenvalue weighted by Crippen LogP contribution is 2.32. The van der Waals surface area contributed by atoms with Gasteiger partial charge < -0.3 is 19.3 Å². The van der Waals surface area contributed by atoms with E-state index in [1.165, 1.54) is 0 Å². The van der Waals surface area contributed by atoms with Gasteiger partial charge in [0.25, 0.3) is 5.91 Å². The summed E-state index contributed by atoms with van der Waals surface area (Å²) in [7, 11) is 1.81. The summed E-state index contributed by atoms with van der Waals surface area (Å²) in [5.74, 6) is 0.486. The van der Waals surface area contributed by atoms with Crippen LogP contribution in [0.5, 0.6) is 0 Å². The van der Waals surface area contributed by atoms with Gasteiger partial charge in [0.2, 0.25) is 0 Å². The van der Waals surface area contributed by atoms with Crippen molar-refractivity contribution in [3.8, 4) is 0 Å². The van der Waals surface area contributed by atoms with Crippen LogP contribution in [0.2, 0.25) is 0 Å². The number of pyridine rings is 1. The number of amides is 1. The Morgan fingerprint density at radius 1 is 1.11 bits per heavy atom. The van der Waals surface area contributed by atoms with Crippen LogP contribution < -0.4 is 4.90 Å². The molecular formula is C21H25N3O3. The first kappa shape index (κ1) is 17.9. The molecule has 2 aromatic rings. The number of carbonyl (C=O) groups is 1. The van der Waals surface area contributed by atoms with Crippen LogP contribution in [0.4, 0.5) is 5.82 Å². The summed E-state index contributed by atoms with van der Waals surface area (Å²) in [6.45, 7) is 3.63. The predicted octanol–water partition coefficient (Wildman–Crippen LogP) is 2.70. The van der Waals surface area contributed by atoms with Gasteiger partial charge in [-0.3, -0.25) is 4.79 Å². The highest BCUT2D eigenvalue weighted by molar-refractivity contribution is 5.93. The molecule has 0 bridgehead atoms. The number of hydrogen-bond acceptors (Lipinski definition) is 5. The minimum absolute atomic E-state index is 0.0248. The second-order valence-electron chi connectivity index (χ2n) is 7.15. The molecule has 1 spiro atoms. The summed E-state index contributed by atoms with van der Waals surface area (Å²) in [4.78, 5) is 21.1. The van der Waals surface area contributed by atoms with E-state index in [1.54, 1.807) is 11.1 Å². The predicted molar refractivity (Wildman–Crippen MR) is 103 cm³/mol. The Morgan fingerprint density at radius 3 is 2.44 bits per heavy atom. The Kier molecular flexibility index (Phi) is 5.09. The zero-order valence-electron chi connectivity index (χ0n) is 15.6. The van der Waals surface area contributed by atoms with Crippen molar-refractivity contribution in [2.75, 3.05) is 38.3 Å². The Bertz CT molecular complexity index is 763. The third kappa shape index (κ3) is 3.96. The van der Waals surface area contributed by atoms with Crippen LogP contribution in [0.15, 0.2) is 48.7 Å². The van der Waals surface area contributed by atoms with Crippen LogP contribution in [0.25, 0.3) is 0 Å². The van der Waals surface area contributed by atoms with Gasteiger partial charge in [0.15, 0.2) is 5.79 Å². The summed E-state index contributed by atoms with van der Waals surface area (Å²) in [5.41, 5.74) is 1.71. The number of anilines is 1. The van der Waals surface area contributed by atoms with Crippen LogP contribution in [0.3, 0.4) is 0 Å². The zero-order chi connectivity index (χ0) is 18.7. The Morgan fingerprint density at radius 2 is 1.81 bits per heavy atom. The molecule has 27 heavy (non-hydrogen) atoms. The third-order valence-electron chi connectivity index (χ3n) is 5.27. The lowest BCUT2D eigenvalue weighted by Crippen LogP contribution is -2.45. The maximum Gasteiger partial charge on any atom is 0.255 e. The molecule has 3 heterocycles. The van der Waals surface area contributed by atoms with E-state index in [0.717, 1.165) is 37.3 Å².